The van der Waals surface area contributed by atoms with Crippen LogP contribution >= 0.6 is 0 Å². The second-order valence-corrected chi connectivity index (χ2v) is 7.72. The van der Waals surface area contributed by atoms with Crippen LogP contribution in [0.2, 0.25) is 0 Å². The molecule has 0 radical (unpaired) electrons. The van der Waals surface area contributed by atoms with Crippen LogP contribution in [0, 0.1) is 0 Å². The van der Waals surface area contributed by atoms with E-state index in [2.05, 4.69) is 26.3 Å². The van der Waals surface area contributed by atoms with Crippen molar-refractivity contribution in [1.82, 2.24) is 5.43 Å². The Labute approximate surface area is 151 Å². The van der Waals surface area contributed by atoms with Gasteiger partial charge in [-0.05, 0) is 33.1 Å². The van der Waals surface area contributed by atoms with Gasteiger partial charge < -0.3 is 0 Å². The number of allylic oxidation sites excluding steroid dienone is 1. The highest BCUT2D eigenvalue weighted by Gasteiger charge is 2.22. The number of hydrogen-bond donors (Lipinski definition) is 1. The molecule has 24 heavy (non-hydrogen) atoms. The van der Waals surface area contributed by atoms with E-state index in [0.717, 1.165) is 25.1 Å². The summed E-state index contributed by atoms with van der Waals surface area (Å²) in [7, 11) is 2.15. The predicted molar refractivity (Wildman–Crippen MR) is 106 cm³/mol. The maximum absolute atomic E-state index is 12.0. The number of nitrogens with one attached hydrogen (secondary N) is 1. The lowest BCUT2D eigenvalue weighted by atomic mass is 10.1. The van der Waals surface area contributed by atoms with Gasteiger partial charge in [-0.3, -0.25) is 4.79 Å². The molecule has 0 aromatic heterocycles. The molecule has 0 spiro atoms. The van der Waals surface area contributed by atoms with Crippen molar-refractivity contribution < 1.29 is 9.39 Å². The molecule has 0 heterocycles. The van der Waals surface area contributed by atoms with Crippen LogP contribution in [-0.4, -0.2) is 30.6 Å². The maximum atomic E-state index is 12.0. The summed E-state index contributed by atoms with van der Waals surface area (Å²) in [6.07, 6.45) is 16.3. The van der Waals surface area contributed by atoms with Crippen molar-refractivity contribution in [2.75, 3.05) is 20.1 Å². The minimum absolute atomic E-state index is 0.0398. The highest BCUT2D eigenvalue weighted by molar-refractivity contribution is 5.87. The Bertz CT molecular complexity index is 348. The standard InChI is InChI=1S/C21H42N2O/c1-6-8-9-10-11-12-13-14-15-16-18-23(5,17-7-2)22-21(24)19-20(3)4/h19H,6-18H2,1-5H3/p+1. The Kier molecular flexibility index (Phi) is 14.0. The summed E-state index contributed by atoms with van der Waals surface area (Å²) < 4.78 is 0.663. The number of nitrogens with zero attached hydrogens (tertiary/aromatic N) is 1. The second-order valence-electron chi connectivity index (χ2n) is 7.72. The zero-order valence-corrected chi connectivity index (χ0v) is 17.1. The fraction of sp³-hybridized carbons (Fsp3) is 0.857. The van der Waals surface area contributed by atoms with Crippen molar-refractivity contribution in [3.05, 3.63) is 11.6 Å². The molecule has 0 saturated heterocycles. The molecular formula is C21H43N2O+. The fourth-order valence-corrected chi connectivity index (χ4v) is 3.23. The molecule has 1 unspecified atom stereocenters. The third-order valence-corrected chi connectivity index (χ3v) is 4.52. The largest absolute Gasteiger partial charge is 0.288 e. The van der Waals surface area contributed by atoms with Crippen molar-refractivity contribution in [3.63, 3.8) is 0 Å². The van der Waals surface area contributed by atoms with Crippen molar-refractivity contribution in [2.24, 2.45) is 0 Å². The van der Waals surface area contributed by atoms with Gasteiger partial charge in [0.05, 0.1) is 7.05 Å². The van der Waals surface area contributed by atoms with E-state index in [1.807, 2.05) is 13.8 Å². The Balaban J connectivity index is 3.88. The SMILES string of the molecule is CCCCCCCCCCCC[N+](C)(CCC)NC(=O)C=C(C)C. The highest BCUT2D eigenvalue weighted by Crippen LogP contribution is 2.12. The van der Waals surface area contributed by atoms with E-state index in [-0.39, 0.29) is 5.91 Å². The molecule has 0 saturated carbocycles. The molecule has 0 aromatic rings. The van der Waals surface area contributed by atoms with Gasteiger partial charge in [0.25, 0.3) is 5.91 Å². The van der Waals surface area contributed by atoms with Gasteiger partial charge in [0.2, 0.25) is 0 Å². The Hall–Kier alpha value is -0.830. The van der Waals surface area contributed by atoms with Crippen molar-refractivity contribution >= 4 is 5.91 Å². The summed E-state index contributed by atoms with van der Waals surface area (Å²) in [5, 5.41) is 0. The summed E-state index contributed by atoms with van der Waals surface area (Å²) >= 11 is 0. The summed E-state index contributed by atoms with van der Waals surface area (Å²) in [5.41, 5.74) is 4.23. The van der Waals surface area contributed by atoms with E-state index in [4.69, 9.17) is 0 Å². The van der Waals surface area contributed by atoms with Crippen LogP contribution in [0.4, 0.5) is 0 Å². The monoisotopic (exact) mass is 339 g/mol. The summed E-state index contributed by atoms with van der Waals surface area (Å²) in [6, 6.07) is 0. The van der Waals surface area contributed by atoms with Gasteiger partial charge in [0.15, 0.2) is 0 Å². The van der Waals surface area contributed by atoms with E-state index < -0.39 is 0 Å². The van der Waals surface area contributed by atoms with Crippen LogP contribution in [0.3, 0.4) is 0 Å². The van der Waals surface area contributed by atoms with Crippen LogP contribution in [0.25, 0.3) is 0 Å². The second kappa shape index (κ2) is 14.5. The fourth-order valence-electron chi connectivity index (χ4n) is 3.23. The number of hydrogen-bond acceptors (Lipinski definition) is 1. The number of carbonyl (C=O) groups is 1. The van der Waals surface area contributed by atoms with Crippen LogP contribution in [0.5, 0.6) is 0 Å². The van der Waals surface area contributed by atoms with Crippen molar-refractivity contribution in [1.29, 1.82) is 0 Å². The first-order chi connectivity index (χ1) is 11.4. The minimum atomic E-state index is 0.0398. The number of carbonyl (C=O) groups excluding carboxylic acids is 1. The topological polar surface area (TPSA) is 29.1 Å². The van der Waals surface area contributed by atoms with Crippen LogP contribution in [0.15, 0.2) is 11.6 Å². The molecule has 3 nitrogen and oxygen atoms in total. The Morgan fingerprint density at radius 1 is 0.792 bits per heavy atom. The molecule has 1 atom stereocenters. The van der Waals surface area contributed by atoms with Gasteiger partial charge in [-0.2, -0.15) is 5.43 Å². The van der Waals surface area contributed by atoms with E-state index in [0.29, 0.717) is 4.59 Å². The van der Waals surface area contributed by atoms with Crippen molar-refractivity contribution in [3.8, 4) is 0 Å². The van der Waals surface area contributed by atoms with Crippen LogP contribution < -0.4 is 5.43 Å². The summed E-state index contributed by atoms with van der Waals surface area (Å²) in [4.78, 5) is 12.0. The highest BCUT2D eigenvalue weighted by atomic mass is 16.2. The molecule has 1 N–H and O–H groups in total. The van der Waals surface area contributed by atoms with Gasteiger partial charge in [-0.25, -0.2) is 4.59 Å². The first-order valence-corrected chi connectivity index (χ1v) is 10.2. The molecule has 142 valence electrons. The zero-order valence-electron chi connectivity index (χ0n) is 17.1. The summed E-state index contributed by atoms with van der Waals surface area (Å²) in [5.74, 6) is 0.0398. The molecule has 0 aliphatic carbocycles. The normalized spacial score (nSPS) is 13.4. The molecule has 0 rings (SSSR count). The first kappa shape index (κ1) is 23.2. The molecule has 0 aliphatic heterocycles. The third kappa shape index (κ3) is 13.6. The maximum Gasteiger partial charge on any atom is 0.288 e. The lowest BCUT2D eigenvalue weighted by molar-refractivity contribution is -0.943. The van der Waals surface area contributed by atoms with E-state index in [1.165, 1.54) is 64.2 Å². The van der Waals surface area contributed by atoms with Gasteiger partial charge in [0.1, 0.15) is 13.1 Å². The van der Waals surface area contributed by atoms with Gasteiger partial charge in [-0.1, -0.05) is 70.8 Å². The zero-order chi connectivity index (χ0) is 18.3. The van der Waals surface area contributed by atoms with Crippen molar-refractivity contribution in [2.45, 2.75) is 98.3 Å². The van der Waals surface area contributed by atoms with Gasteiger partial charge in [0, 0.05) is 6.08 Å². The van der Waals surface area contributed by atoms with E-state index in [9.17, 15) is 4.79 Å². The average molecular weight is 340 g/mol. The van der Waals surface area contributed by atoms with E-state index in [1.54, 1.807) is 6.08 Å². The first-order valence-electron chi connectivity index (χ1n) is 10.2. The summed E-state index contributed by atoms with van der Waals surface area (Å²) in [6.45, 7) is 10.4. The number of quaternary nitrogens is 1. The Morgan fingerprint density at radius 3 is 1.75 bits per heavy atom. The lowest BCUT2D eigenvalue weighted by Crippen LogP contribution is -2.57. The minimum Gasteiger partial charge on any atom is -0.265 e. The predicted octanol–water partition coefficient (Wildman–Crippen LogP) is 5.76. The van der Waals surface area contributed by atoms with Crippen LogP contribution in [-0.2, 0) is 4.79 Å². The number of amides is 1. The molecule has 1 amide bonds. The average Bonchev–Trinajstić information content (AvgIpc) is 2.48. The van der Waals surface area contributed by atoms with Gasteiger partial charge in [-0.15, -0.1) is 0 Å². The molecule has 0 aromatic carbocycles. The quantitative estimate of drug-likeness (QED) is 0.175. The molecule has 0 aliphatic rings. The number of rotatable bonds is 15. The third-order valence-electron chi connectivity index (χ3n) is 4.52. The lowest BCUT2D eigenvalue weighted by Gasteiger charge is -2.33. The molecule has 3 heteroatoms. The molecular weight excluding hydrogens is 296 g/mol. The molecule has 0 fully saturated rings. The molecule has 0 bridgehead atoms. The van der Waals surface area contributed by atoms with Crippen LogP contribution in [0.1, 0.15) is 98.3 Å². The van der Waals surface area contributed by atoms with Gasteiger partial charge >= 0.3 is 0 Å². The number of unbranched alkanes of at least 4 members (excludes halogenated alkanes) is 9. The Morgan fingerprint density at radius 2 is 1.29 bits per heavy atom. The van der Waals surface area contributed by atoms with E-state index >= 15 is 0 Å². The smallest absolute Gasteiger partial charge is 0.265 e.